The zero-order valence-electron chi connectivity index (χ0n) is 12.8. The highest BCUT2D eigenvalue weighted by molar-refractivity contribution is 5.49. The molecule has 0 amide bonds. The smallest absolute Gasteiger partial charge is 0.146 e. The summed E-state index contributed by atoms with van der Waals surface area (Å²) in [6, 6.07) is 5.86. The van der Waals surface area contributed by atoms with Gasteiger partial charge in [-0.15, -0.1) is 0 Å². The molecule has 1 aromatic carbocycles. The molecule has 3 heteroatoms. The van der Waals surface area contributed by atoms with Gasteiger partial charge in [0.25, 0.3) is 0 Å². The third kappa shape index (κ3) is 4.83. The van der Waals surface area contributed by atoms with Crippen molar-refractivity contribution in [2.24, 2.45) is 5.92 Å². The van der Waals surface area contributed by atoms with Crippen LogP contribution in [-0.4, -0.2) is 19.1 Å². The van der Waals surface area contributed by atoms with Crippen LogP contribution in [0.5, 0.6) is 0 Å². The van der Waals surface area contributed by atoms with Crippen LogP contribution in [0.1, 0.15) is 40.2 Å². The summed E-state index contributed by atoms with van der Waals surface area (Å²) in [4.78, 5) is 2.07. The topological polar surface area (TPSA) is 15.3 Å². The van der Waals surface area contributed by atoms with Crippen LogP contribution in [0, 0.1) is 11.7 Å². The van der Waals surface area contributed by atoms with Gasteiger partial charge in [-0.05, 0) is 50.9 Å². The lowest BCUT2D eigenvalue weighted by Crippen LogP contribution is -2.31. The predicted molar refractivity (Wildman–Crippen MR) is 81.1 cm³/mol. The minimum Gasteiger partial charge on any atom is -0.367 e. The molecule has 1 N–H and O–H groups in total. The minimum absolute atomic E-state index is 0.126. The Labute approximate surface area is 117 Å². The Morgan fingerprint density at radius 3 is 2.37 bits per heavy atom. The maximum absolute atomic E-state index is 14.2. The summed E-state index contributed by atoms with van der Waals surface area (Å²) in [7, 11) is 0. The molecule has 0 bridgehead atoms. The van der Waals surface area contributed by atoms with Crippen molar-refractivity contribution >= 4 is 5.69 Å². The molecule has 0 saturated heterocycles. The highest BCUT2D eigenvalue weighted by Gasteiger charge is 2.13. The van der Waals surface area contributed by atoms with Crippen molar-refractivity contribution in [2.45, 2.75) is 47.2 Å². The maximum Gasteiger partial charge on any atom is 0.146 e. The highest BCUT2D eigenvalue weighted by atomic mass is 19.1. The van der Waals surface area contributed by atoms with Crippen LogP contribution in [0.3, 0.4) is 0 Å². The first-order chi connectivity index (χ1) is 8.95. The summed E-state index contributed by atoms with van der Waals surface area (Å²) in [5.74, 6) is 0.486. The van der Waals surface area contributed by atoms with Gasteiger partial charge in [0.15, 0.2) is 0 Å². The van der Waals surface area contributed by atoms with E-state index in [4.69, 9.17) is 0 Å². The molecule has 0 aliphatic heterocycles. The second kappa shape index (κ2) is 7.49. The summed E-state index contributed by atoms with van der Waals surface area (Å²) < 4.78 is 14.2. The van der Waals surface area contributed by atoms with Crippen LogP contribution < -0.4 is 10.2 Å². The Hall–Kier alpha value is -1.09. The average molecular weight is 266 g/mol. The lowest BCUT2D eigenvalue weighted by Gasteiger charge is -2.28. The summed E-state index contributed by atoms with van der Waals surface area (Å²) in [5, 5.41) is 3.33. The summed E-state index contributed by atoms with van der Waals surface area (Å²) in [6.45, 7) is 13.1. The van der Waals surface area contributed by atoms with E-state index < -0.39 is 0 Å². The van der Waals surface area contributed by atoms with Crippen LogP contribution in [0.4, 0.5) is 10.1 Å². The van der Waals surface area contributed by atoms with E-state index in [2.05, 4.69) is 44.8 Å². The standard InChI is InChI=1S/C16H27FN2/c1-6-19(13(4)5)16-8-7-14(9-15(16)17)11-18-10-12(2)3/h7-9,12-13,18H,6,10-11H2,1-5H3. The molecule has 0 spiro atoms. The third-order valence-corrected chi connectivity index (χ3v) is 3.17. The lowest BCUT2D eigenvalue weighted by atomic mass is 10.1. The molecule has 0 aromatic heterocycles. The first-order valence-corrected chi connectivity index (χ1v) is 7.21. The predicted octanol–water partition coefficient (Wildman–Crippen LogP) is 3.81. The minimum atomic E-state index is -0.126. The van der Waals surface area contributed by atoms with E-state index in [0.717, 1.165) is 25.2 Å². The molecule has 0 radical (unpaired) electrons. The Bertz CT molecular complexity index is 388. The van der Waals surface area contributed by atoms with Crippen molar-refractivity contribution in [1.82, 2.24) is 5.32 Å². The van der Waals surface area contributed by atoms with E-state index in [9.17, 15) is 4.39 Å². The van der Waals surface area contributed by atoms with Gasteiger partial charge in [0, 0.05) is 19.1 Å². The fraction of sp³-hybridized carbons (Fsp3) is 0.625. The summed E-state index contributed by atoms with van der Waals surface area (Å²) in [6.07, 6.45) is 0. The van der Waals surface area contributed by atoms with Gasteiger partial charge in [0.1, 0.15) is 5.82 Å². The monoisotopic (exact) mass is 266 g/mol. The average Bonchev–Trinajstić information content (AvgIpc) is 2.31. The molecule has 0 fully saturated rings. The van der Waals surface area contributed by atoms with Crippen molar-refractivity contribution in [2.75, 3.05) is 18.0 Å². The van der Waals surface area contributed by atoms with Crippen LogP contribution in [-0.2, 0) is 6.54 Å². The molecule has 108 valence electrons. The van der Waals surface area contributed by atoms with E-state index in [0.29, 0.717) is 17.6 Å². The number of nitrogens with one attached hydrogen (secondary N) is 1. The van der Waals surface area contributed by atoms with Crippen molar-refractivity contribution in [3.8, 4) is 0 Å². The molecule has 2 nitrogen and oxygen atoms in total. The van der Waals surface area contributed by atoms with E-state index in [-0.39, 0.29) is 5.82 Å². The quantitative estimate of drug-likeness (QED) is 0.807. The molecule has 0 heterocycles. The maximum atomic E-state index is 14.2. The fourth-order valence-corrected chi connectivity index (χ4v) is 2.21. The van der Waals surface area contributed by atoms with Gasteiger partial charge >= 0.3 is 0 Å². The SMILES string of the molecule is CCN(c1ccc(CNCC(C)C)cc1F)C(C)C. The van der Waals surface area contributed by atoms with Crippen molar-refractivity contribution < 1.29 is 4.39 Å². The van der Waals surface area contributed by atoms with Crippen LogP contribution in [0.25, 0.3) is 0 Å². The highest BCUT2D eigenvalue weighted by Crippen LogP contribution is 2.22. The molecular weight excluding hydrogens is 239 g/mol. The van der Waals surface area contributed by atoms with Gasteiger partial charge in [-0.25, -0.2) is 4.39 Å². The first kappa shape index (κ1) is 16.0. The Morgan fingerprint density at radius 2 is 1.89 bits per heavy atom. The van der Waals surface area contributed by atoms with E-state index in [1.54, 1.807) is 6.07 Å². The fourth-order valence-electron chi connectivity index (χ4n) is 2.21. The molecule has 19 heavy (non-hydrogen) atoms. The number of rotatable bonds is 7. The van der Waals surface area contributed by atoms with Crippen LogP contribution >= 0.6 is 0 Å². The first-order valence-electron chi connectivity index (χ1n) is 7.21. The normalized spacial score (nSPS) is 11.4. The summed E-state index contributed by atoms with van der Waals surface area (Å²) >= 11 is 0. The van der Waals surface area contributed by atoms with Gasteiger partial charge in [-0.2, -0.15) is 0 Å². The molecule has 0 aliphatic carbocycles. The third-order valence-electron chi connectivity index (χ3n) is 3.17. The Kier molecular flexibility index (Phi) is 6.29. The lowest BCUT2D eigenvalue weighted by molar-refractivity contribution is 0.549. The molecular formula is C16H27FN2. The van der Waals surface area contributed by atoms with E-state index in [1.807, 2.05) is 12.1 Å². The second-order valence-corrected chi connectivity index (χ2v) is 5.69. The number of hydrogen-bond donors (Lipinski definition) is 1. The van der Waals surface area contributed by atoms with E-state index >= 15 is 0 Å². The Morgan fingerprint density at radius 1 is 1.21 bits per heavy atom. The van der Waals surface area contributed by atoms with Gasteiger partial charge in [0.2, 0.25) is 0 Å². The van der Waals surface area contributed by atoms with Crippen LogP contribution in [0.15, 0.2) is 18.2 Å². The van der Waals surface area contributed by atoms with Crippen molar-refractivity contribution in [3.63, 3.8) is 0 Å². The van der Waals surface area contributed by atoms with Gasteiger partial charge in [0.05, 0.1) is 5.69 Å². The van der Waals surface area contributed by atoms with Crippen molar-refractivity contribution in [1.29, 1.82) is 0 Å². The van der Waals surface area contributed by atoms with Gasteiger partial charge < -0.3 is 10.2 Å². The van der Waals surface area contributed by atoms with Gasteiger partial charge in [-0.1, -0.05) is 19.9 Å². The van der Waals surface area contributed by atoms with E-state index in [1.165, 1.54) is 0 Å². The molecule has 0 unspecified atom stereocenters. The van der Waals surface area contributed by atoms with Gasteiger partial charge in [-0.3, -0.25) is 0 Å². The number of benzene rings is 1. The number of hydrogen-bond acceptors (Lipinski definition) is 2. The zero-order valence-corrected chi connectivity index (χ0v) is 12.8. The number of halogens is 1. The summed E-state index contributed by atoms with van der Waals surface area (Å²) in [5.41, 5.74) is 1.70. The molecule has 0 atom stereocenters. The van der Waals surface area contributed by atoms with Crippen LogP contribution in [0.2, 0.25) is 0 Å². The Balaban J connectivity index is 2.74. The number of anilines is 1. The molecule has 0 aliphatic rings. The second-order valence-electron chi connectivity index (χ2n) is 5.69. The van der Waals surface area contributed by atoms with Crippen molar-refractivity contribution in [3.05, 3.63) is 29.6 Å². The molecule has 0 saturated carbocycles. The zero-order chi connectivity index (χ0) is 14.4. The largest absolute Gasteiger partial charge is 0.367 e. The number of nitrogens with zero attached hydrogens (tertiary/aromatic N) is 1. The molecule has 1 aromatic rings. The molecule has 1 rings (SSSR count).